The molecule has 0 spiro atoms. The van der Waals surface area contributed by atoms with Gasteiger partial charge in [-0.15, -0.1) is 0 Å². The summed E-state index contributed by atoms with van der Waals surface area (Å²) in [6, 6.07) is 4.83. The van der Waals surface area contributed by atoms with E-state index >= 15 is 0 Å². The Bertz CT molecular complexity index is 404. The van der Waals surface area contributed by atoms with E-state index in [1.54, 1.807) is 12.1 Å². The molecule has 1 aliphatic heterocycles. The van der Waals surface area contributed by atoms with Crippen molar-refractivity contribution in [2.75, 3.05) is 19.0 Å². The molecule has 0 bridgehead atoms. The van der Waals surface area contributed by atoms with Crippen LogP contribution in [0.2, 0.25) is 0 Å². The first kappa shape index (κ1) is 10.9. The standard InChI is InChI=1S/C12H15FN2O/c1-16-11-6-5-9(8-10(11)13)15-12-4-2-3-7-14-12/h5-6,8H,2-4,7H2,1H3,(H,14,15). The fourth-order valence-electron chi connectivity index (χ4n) is 1.71. The second-order valence-electron chi connectivity index (χ2n) is 3.76. The van der Waals surface area contributed by atoms with Crippen LogP contribution in [-0.4, -0.2) is 19.5 Å². The highest BCUT2D eigenvalue weighted by molar-refractivity contribution is 5.95. The Morgan fingerprint density at radius 1 is 1.38 bits per heavy atom. The minimum absolute atomic E-state index is 0.260. The van der Waals surface area contributed by atoms with Crippen LogP contribution in [0.4, 0.5) is 10.1 Å². The van der Waals surface area contributed by atoms with Crippen LogP contribution >= 0.6 is 0 Å². The molecule has 0 aromatic heterocycles. The van der Waals surface area contributed by atoms with E-state index in [9.17, 15) is 4.39 Å². The fraction of sp³-hybridized carbons (Fsp3) is 0.417. The summed E-state index contributed by atoms with van der Waals surface area (Å²) in [7, 11) is 1.46. The number of anilines is 1. The topological polar surface area (TPSA) is 33.6 Å². The maximum atomic E-state index is 13.4. The number of amidine groups is 1. The molecule has 0 atom stereocenters. The summed E-state index contributed by atoms with van der Waals surface area (Å²) in [5.41, 5.74) is 0.721. The van der Waals surface area contributed by atoms with Gasteiger partial charge >= 0.3 is 0 Å². The molecular weight excluding hydrogens is 207 g/mol. The van der Waals surface area contributed by atoms with Crippen LogP contribution in [0.1, 0.15) is 19.3 Å². The van der Waals surface area contributed by atoms with E-state index < -0.39 is 0 Å². The molecule has 86 valence electrons. The Morgan fingerprint density at radius 3 is 2.88 bits per heavy atom. The van der Waals surface area contributed by atoms with Crippen molar-refractivity contribution in [1.82, 2.24) is 0 Å². The van der Waals surface area contributed by atoms with Crippen LogP contribution in [0.5, 0.6) is 5.75 Å². The number of halogens is 1. The molecule has 1 N–H and O–H groups in total. The predicted octanol–water partition coefficient (Wildman–Crippen LogP) is 2.83. The molecule has 1 aromatic rings. The molecule has 16 heavy (non-hydrogen) atoms. The highest BCUT2D eigenvalue weighted by atomic mass is 19.1. The largest absolute Gasteiger partial charge is 0.494 e. The first-order valence-electron chi connectivity index (χ1n) is 5.43. The van der Waals surface area contributed by atoms with Gasteiger partial charge in [0.1, 0.15) is 5.84 Å². The summed E-state index contributed by atoms with van der Waals surface area (Å²) in [6.07, 6.45) is 3.22. The zero-order valence-corrected chi connectivity index (χ0v) is 9.29. The van der Waals surface area contributed by atoms with Crippen LogP contribution in [0.15, 0.2) is 23.2 Å². The van der Waals surface area contributed by atoms with Gasteiger partial charge in [-0.1, -0.05) is 0 Å². The minimum Gasteiger partial charge on any atom is -0.494 e. The summed E-state index contributed by atoms with van der Waals surface area (Å²) < 4.78 is 18.3. The lowest BCUT2D eigenvalue weighted by Crippen LogP contribution is -2.16. The summed E-state index contributed by atoms with van der Waals surface area (Å²) in [6.45, 7) is 0.862. The quantitative estimate of drug-likeness (QED) is 0.834. The van der Waals surface area contributed by atoms with Gasteiger partial charge in [-0.2, -0.15) is 0 Å². The van der Waals surface area contributed by atoms with Crippen molar-refractivity contribution < 1.29 is 9.13 Å². The van der Waals surface area contributed by atoms with Gasteiger partial charge in [-0.05, 0) is 25.0 Å². The number of hydrogen-bond donors (Lipinski definition) is 1. The van der Waals surface area contributed by atoms with Crippen molar-refractivity contribution >= 4 is 11.5 Å². The maximum absolute atomic E-state index is 13.4. The number of benzene rings is 1. The zero-order valence-electron chi connectivity index (χ0n) is 9.29. The summed E-state index contributed by atoms with van der Waals surface area (Å²) >= 11 is 0. The number of hydrogen-bond acceptors (Lipinski definition) is 3. The van der Waals surface area contributed by atoms with Gasteiger partial charge in [-0.3, -0.25) is 4.99 Å². The van der Waals surface area contributed by atoms with Gasteiger partial charge in [0, 0.05) is 24.7 Å². The molecule has 0 radical (unpaired) electrons. The lowest BCUT2D eigenvalue weighted by atomic mass is 10.2. The van der Waals surface area contributed by atoms with Gasteiger partial charge in [0.2, 0.25) is 0 Å². The van der Waals surface area contributed by atoms with Crippen molar-refractivity contribution in [3.05, 3.63) is 24.0 Å². The summed E-state index contributed by atoms with van der Waals surface area (Å²) in [4.78, 5) is 4.35. The number of rotatable bonds is 2. The van der Waals surface area contributed by atoms with Crippen molar-refractivity contribution in [1.29, 1.82) is 0 Å². The van der Waals surface area contributed by atoms with Crippen molar-refractivity contribution in [2.45, 2.75) is 19.3 Å². The summed E-state index contributed by atoms with van der Waals surface area (Å²) in [5, 5.41) is 3.13. The highest BCUT2D eigenvalue weighted by Crippen LogP contribution is 2.21. The number of nitrogens with zero attached hydrogens (tertiary/aromatic N) is 1. The molecule has 0 amide bonds. The molecule has 1 aromatic carbocycles. The minimum atomic E-state index is -0.357. The SMILES string of the molecule is COc1ccc(NC2=NCCCC2)cc1F. The van der Waals surface area contributed by atoms with Gasteiger partial charge in [-0.25, -0.2) is 4.39 Å². The Balaban J connectivity index is 2.09. The van der Waals surface area contributed by atoms with Gasteiger partial charge in [0.15, 0.2) is 11.6 Å². The fourth-order valence-corrected chi connectivity index (χ4v) is 1.71. The van der Waals surface area contributed by atoms with E-state index in [2.05, 4.69) is 10.3 Å². The van der Waals surface area contributed by atoms with Crippen LogP contribution < -0.4 is 10.1 Å². The molecule has 1 heterocycles. The molecule has 0 saturated heterocycles. The van der Waals surface area contributed by atoms with Crippen LogP contribution in [-0.2, 0) is 0 Å². The summed E-state index contributed by atoms with van der Waals surface area (Å²) in [5.74, 6) is 0.843. The molecule has 0 aliphatic carbocycles. The third-order valence-electron chi connectivity index (χ3n) is 2.56. The van der Waals surface area contributed by atoms with E-state index in [-0.39, 0.29) is 11.6 Å². The van der Waals surface area contributed by atoms with Crippen molar-refractivity contribution in [3.8, 4) is 5.75 Å². The second kappa shape index (κ2) is 4.96. The lowest BCUT2D eigenvalue weighted by molar-refractivity contribution is 0.386. The lowest BCUT2D eigenvalue weighted by Gasteiger charge is -2.14. The molecule has 1 aliphatic rings. The first-order chi connectivity index (χ1) is 7.79. The Morgan fingerprint density at radius 2 is 2.25 bits per heavy atom. The molecule has 3 nitrogen and oxygen atoms in total. The monoisotopic (exact) mass is 222 g/mol. The van der Waals surface area contributed by atoms with Gasteiger partial charge in [0.05, 0.1) is 7.11 Å². The third kappa shape index (κ3) is 2.51. The molecule has 0 unspecified atom stereocenters. The molecule has 2 rings (SSSR count). The first-order valence-corrected chi connectivity index (χ1v) is 5.43. The normalized spacial score (nSPS) is 15.5. The van der Waals surface area contributed by atoms with Gasteiger partial charge < -0.3 is 10.1 Å². The smallest absolute Gasteiger partial charge is 0.167 e. The van der Waals surface area contributed by atoms with Crippen molar-refractivity contribution in [2.24, 2.45) is 4.99 Å². The van der Waals surface area contributed by atoms with E-state index in [4.69, 9.17) is 4.74 Å². The average molecular weight is 222 g/mol. The maximum Gasteiger partial charge on any atom is 0.167 e. The molecule has 0 saturated carbocycles. The van der Waals surface area contributed by atoms with E-state index in [1.165, 1.54) is 13.2 Å². The van der Waals surface area contributed by atoms with Crippen LogP contribution in [0.3, 0.4) is 0 Å². The zero-order chi connectivity index (χ0) is 11.4. The van der Waals surface area contributed by atoms with Crippen LogP contribution in [0, 0.1) is 5.82 Å². The number of aliphatic imine (C=N–C) groups is 1. The number of methoxy groups -OCH3 is 1. The van der Waals surface area contributed by atoms with Gasteiger partial charge in [0.25, 0.3) is 0 Å². The second-order valence-corrected chi connectivity index (χ2v) is 3.76. The average Bonchev–Trinajstić information content (AvgIpc) is 2.31. The third-order valence-corrected chi connectivity index (χ3v) is 2.56. The van der Waals surface area contributed by atoms with E-state index in [1.807, 2.05) is 0 Å². The number of ether oxygens (including phenoxy) is 1. The van der Waals surface area contributed by atoms with E-state index in [0.29, 0.717) is 0 Å². The Hall–Kier alpha value is -1.58. The Labute approximate surface area is 94.3 Å². The van der Waals surface area contributed by atoms with E-state index in [0.717, 1.165) is 37.3 Å². The highest BCUT2D eigenvalue weighted by Gasteiger charge is 2.07. The predicted molar refractivity (Wildman–Crippen MR) is 62.7 cm³/mol. The molecule has 4 heteroatoms. The number of nitrogens with one attached hydrogen (secondary N) is 1. The van der Waals surface area contributed by atoms with Crippen molar-refractivity contribution in [3.63, 3.8) is 0 Å². The Kier molecular flexibility index (Phi) is 3.39. The molecule has 0 fully saturated rings. The molecular formula is C12H15FN2O. The van der Waals surface area contributed by atoms with Crippen LogP contribution in [0.25, 0.3) is 0 Å².